The summed E-state index contributed by atoms with van der Waals surface area (Å²) in [5, 5.41) is 0. The molecule has 0 unspecified atom stereocenters. The highest BCUT2D eigenvalue weighted by Crippen LogP contribution is 2.23. The van der Waals surface area contributed by atoms with E-state index in [2.05, 4.69) is 16.8 Å². The molecule has 0 bridgehead atoms. The highest BCUT2D eigenvalue weighted by atomic mass is 14.6. The minimum absolute atomic E-state index is 0.646. The third kappa shape index (κ3) is 2.32. The Morgan fingerprint density at radius 1 is 1.15 bits per heavy atom. The van der Waals surface area contributed by atoms with Gasteiger partial charge in [-0.25, -0.2) is 0 Å². The molecule has 0 saturated heterocycles. The maximum atomic E-state index is 3.96. The van der Waals surface area contributed by atoms with Gasteiger partial charge in [-0.3, -0.25) is 4.98 Å². The van der Waals surface area contributed by atoms with Gasteiger partial charge < -0.3 is 0 Å². The van der Waals surface area contributed by atoms with Gasteiger partial charge in [0.05, 0.1) is 0 Å². The van der Waals surface area contributed by atoms with Crippen LogP contribution in [0, 0.1) is 17.8 Å². The third-order valence-corrected chi connectivity index (χ3v) is 2.46. The minimum atomic E-state index is 0.646. The van der Waals surface area contributed by atoms with E-state index in [4.69, 9.17) is 0 Å². The smallest absolute Gasteiger partial charge is 0.0280 e. The van der Waals surface area contributed by atoms with Crippen LogP contribution in [0.4, 0.5) is 0 Å². The van der Waals surface area contributed by atoms with Gasteiger partial charge in [0.15, 0.2) is 0 Å². The molecule has 1 aliphatic carbocycles. The van der Waals surface area contributed by atoms with E-state index in [1.54, 1.807) is 12.4 Å². The topological polar surface area (TPSA) is 12.9 Å². The lowest BCUT2D eigenvalue weighted by atomic mass is 10.1. The van der Waals surface area contributed by atoms with E-state index >= 15 is 0 Å². The van der Waals surface area contributed by atoms with E-state index in [1.165, 1.54) is 25.7 Å². The Bertz CT molecular complexity index is 312. The van der Waals surface area contributed by atoms with Crippen molar-refractivity contribution >= 4 is 0 Å². The first-order chi connectivity index (χ1) is 6.45. The Labute approximate surface area is 79.2 Å². The fraction of sp³-hybridized carbons (Fsp3) is 0.417. The third-order valence-electron chi connectivity index (χ3n) is 2.46. The predicted molar refractivity (Wildman–Crippen MR) is 53.1 cm³/mol. The lowest BCUT2D eigenvalue weighted by Gasteiger charge is -1.94. The molecule has 1 aromatic heterocycles. The Kier molecular flexibility index (Phi) is 2.62. The van der Waals surface area contributed by atoms with Crippen LogP contribution in [0.3, 0.4) is 0 Å². The van der Waals surface area contributed by atoms with Crippen molar-refractivity contribution in [1.82, 2.24) is 4.98 Å². The van der Waals surface area contributed by atoms with Crippen LogP contribution in [0.25, 0.3) is 0 Å². The predicted octanol–water partition coefficient (Wildman–Crippen LogP) is 2.62. The van der Waals surface area contributed by atoms with E-state index in [0.717, 1.165) is 5.56 Å². The number of aromatic nitrogens is 1. The van der Waals surface area contributed by atoms with Crippen molar-refractivity contribution in [1.29, 1.82) is 0 Å². The largest absolute Gasteiger partial charge is 0.265 e. The van der Waals surface area contributed by atoms with Crippen molar-refractivity contribution in [3.63, 3.8) is 0 Å². The van der Waals surface area contributed by atoms with Crippen molar-refractivity contribution in [3.8, 4) is 11.8 Å². The molecular formula is C12H13N. The highest BCUT2D eigenvalue weighted by Gasteiger charge is 2.11. The molecule has 2 rings (SSSR count). The molecule has 0 N–H and O–H groups in total. The highest BCUT2D eigenvalue weighted by molar-refractivity contribution is 5.32. The molecule has 1 fully saturated rings. The lowest BCUT2D eigenvalue weighted by Crippen LogP contribution is -1.86. The van der Waals surface area contributed by atoms with Gasteiger partial charge in [0.1, 0.15) is 0 Å². The summed E-state index contributed by atoms with van der Waals surface area (Å²) in [7, 11) is 0. The molecular weight excluding hydrogens is 158 g/mol. The first-order valence-electron chi connectivity index (χ1n) is 4.87. The second-order valence-corrected chi connectivity index (χ2v) is 3.49. The van der Waals surface area contributed by atoms with Gasteiger partial charge in [-0.2, -0.15) is 0 Å². The molecule has 1 heteroatoms. The van der Waals surface area contributed by atoms with Crippen LogP contribution < -0.4 is 0 Å². The van der Waals surface area contributed by atoms with E-state index in [1.807, 2.05) is 12.1 Å². The number of pyridine rings is 1. The number of hydrogen-bond acceptors (Lipinski definition) is 1. The van der Waals surface area contributed by atoms with Crippen molar-refractivity contribution in [2.45, 2.75) is 25.7 Å². The van der Waals surface area contributed by atoms with Gasteiger partial charge in [-0.05, 0) is 25.0 Å². The van der Waals surface area contributed by atoms with Crippen LogP contribution in [0.2, 0.25) is 0 Å². The number of nitrogens with zero attached hydrogens (tertiary/aromatic N) is 1. The Morgan fingerprint density at radius 3 is 2.54 bits per heavy atom. The van der Waals surface area contributed by atoms with Crippen molar-refractivity contribution in [2.24, 2.45) is 5.92 Å². The van der Waals surface area contributed by atoms with Gasteiger partial charge in [-0.1, -0.05) is 24.7 Å². The zero-order valence-electron chi connectivity index (χ0n) is 7.66. The number of hydrogen-bond donors (Lipinski definition) is 0. The summed E-state index contributed by atoms with van der Waals surface area (Å²) in [4.78, 5) is 3.96. The Balaban J connectivity index is 2.03. The summed E-state index contributed by atoms with van der Waals surface area (Å²) in [6.07, 6.45) is 8.87. The summed E-state index contributed by atoms with van der Waals surface area (Å²) >= 11 is 0. The zero-order valence-corrected chi connectivity index (χ0v) is 7.66. The summed E-state index contributed by atoms with van der Waals surface area (Å²) in [6, 6.07) is 3.92. The standard InChI is InChI=1S/C12H13N/c1-2-4-11(3-1)5-6-12-7-9-13-10-8-12/h7-11H,1-4H2. The molecule has 0 atom stereocenters. The average Bonchev–Trinajstić information content (AvgIpc) is 2.69. The first-order valence-corrected chi connectivity index (χ1v) is 4.87. The summed E-state index contributed by atoms with van der Waals surface area (Å²) in [6.45, 7) is 0. The van der Waals surface area contributed by atoms with Crippen LogP contribution in [0.15, 0.2) is 24.5 Å². The Hall–Kier alpha value is -1.29. The van der Waals surface area contributed by atoms with Gasteiger partial charge in [0, 0.05) is 23.9 Å². The number of rotatable bonds is 0. The monoisotopic (exact) mass is 171 g/mol. The van der Waals surface area contributed by atoms with Crippen molar-refractivity contribution in [3.05, 3.63) is 30.1 Å². The second kappa shape index (κ2) is 4.09. The molecule has 0 aromatic carbocycles. The van der Waals surface area contributed by atoms with E-state index < -0.39 is 0 Å². The maximum Gasteiger partial charge on any atom is 0.0280 e. The lowest BCUT2D eigenvalue weighted by molar-refractivity contribution is 0.712. The van der Waals surface area contributed by atoms with E-state index in [-0.39, 0.29) is 0 Å². The molecule has 0 aliphatic heterocycles. The fourth-order valence-corrected chi connectivity index (χ4v) is 1.69. The van der Waals surface area contributed by atoms with Gasteiger partial charge in [0.2, 0.25) is 0 Å². The molecule has 1 saturated carbocycles. The summed E-state index contributed by atoms with van der Waals surface area (Å²) < 4.78 is 0. The van der Waals surface area contributed by atoms with Crippen LogP contribution in [0.5, 0.6) is 0 Å². The van der Waals surface area contributed by atoms with Gasteiger partial charge in [0.25, 0.3) is 0 Å². The van der Waals surface area contributed by atoms with E-state index in [0.29, 0.717) is 5.92 Å². The van der Waals surface area contributed by atoms with Crippen LogP contribution in [0.1, 0.15) is 31.2 Å². The van der Waals surface area contributed by atoms with Crippen LogP contribution >= 0.6 is 0 Å². The maximum absolute atomic E-state index is 3.96. The van der Waals surface area contributed by atoms with Crippen LogP contribution in [-0.2, 0) is 0 Å². The molecule has 66 valence electrons. The zero-order chi connectivity index (χ0) is 8.93. The molecule has 1 aliphatic rings. The normalized spacial score (nSPS) is 16.6. The fourth-order valence-electron chi connectivity index (χ4n) is 1.69. The van der Waals surface area contributed by atoms with Crippen molar-refractivity contribution < 1.29 is 0 Å². The van der Waals surface area contributed by atoms with Crippen LogP contribution in [-0.4, -0.2) is 4.98 Å². The van der Waals surface area contributed by atoms with Crippen molar-refractivity contribution in [2.75, 3.05) is 0 Å². The molecule has 0 amide bonds. The van der Waals surface area contributed by atoms with E-state index in [9.17, 15) is 0 Å². The SMILES string of the molecule is C(#CC1CCCC1)c1ccncc1. The molecule has 1 heterocycles. The second-order valence-electron chi connectivity index (χ2n) is 3.49. The molecule has 1 aromatic rings. The molecule has 0 radical (unpaired) electrons. The van der Waals surface area contributed by atoms with Gasteiger partial charge >= 0.3 is 0 Å². The quantitative estimate of drug-likeness (QED) is 0.547. The Morgan fingerprint density at radius 2 is 1.85 bits per heavy atom. The average molecular weight is 171 g/mol. The summed E-state index contributed by atoms with van der Waals surface area (Å²) in [5.41, 5.74) is 1.09. The van der Waals surface area contributed by atoms with Gasteiger partial charge in [-0.15, -0.1) is 0 Å². The molecule has 13 heavy (non-hydrogen) atoms. The molecule has 1 nitrogen and oxygen atoms in total. The summed E-state index contributed by atoms with van der Waals surface area (Å²) in [5.74, 6) is 7.16. The minimum Gasteiger partial charge on any atom is -0.265 e. The molecule has 0 spiro atoms. The first kappa shape index (κ1) is 8.31.